The number of rotatable bonds is 8. The molecular weight excluding hydrogens is 358 g/mol. The molecule has 1 N–H and O–H groups in total. The van der Waals surface area contributed by atoms with Gasteiger partial charge in [-0.1, -0.05) is 42.1 Å². The zero-order valence-electron chi connectivity index (χ0n) is 15.1. The number of hydrogen-bond donors (Lipinski definition) is 1. The number of hydrogen-bond acceptors (Lipinski definition) is 5. The number of carbonyl (C=O) groups is 1. The third-order valence-corrected chi connectivity index (χ3v) is 4.70. The van der Waals surface area contributed by atoms with Gasteiger partial charge in [-0.25, -0.2) is 0 Å². The molecule has 0 fully saturated rings. The lowest BCUT2D eigenvalue weighted by atomic mass is 10.1. The number of thioether (sulfide) groups is 1. The summed E-state index contributed by atoms with van der Waals surface area (Å²) in [5.41, 5.74) is 2.84. The summed E-state index contributed by atoms with van der Waals surface area (Å²) in [4.78, 5) is 12.0. The van der Waals surface area contributed by atoms with Gasteiger partial charge in [-0.3, -0.25) is 4.79 Å². The Morgan fingerprint density at radius 3 is 2.44 bits per heavy atom. The van der Waals surface area contributed by atoms with Crippen LogP contribution in [0.15, 0.2) is 71.8 Å². The van der Waals surface area contributed by atoms with Crippen molar-refractivity contribution in [2.75, 3.05) is 12.4 Å². The van der Waals surface area contributed by atoms with Crippen molar-refractivity contribution < 1.29 is 9.53 Å². The van der Waals surface area contributed by atoms with Crippen molar-refractivity contribution in [2.24, 2.45) is 0 Å². The molecule has 1 aromatic heterocycles. The van der Waals surface area contributed by atoms with Gasteiger partial charge in [0.15, 0.2) is 0 Å². The third-order valence-electron chi connectivity index (χ3n) is 3.78. The highest BCUT2D eigenvalue weighted by molar-refractivity contribution is 7.99. The molecule has 3 rings (SSSR count). The molecule has 0 unspecified atom stereocenters. The van der Waals surface area contributed by atoms with Gasteiger partial charge in [0, 0.05) is 12.1 Å². The van der Waals surface area contributed by atoms with Gasteiger partial charge >= 0.3 is 0 Å². The van der Waals surface area contributed by atoms with Crippen LogP contribution < -0.4 is 10.1 Å². The Kier molecular flexibility index (Phi) is 6.82. The number of carbonyl (C=O) groups excluding carboxylic acids is 1. The highest BCUT2D eigenvalue weighted by atomic mass is 32.2. The molecule has 0 saturated carbocycles. The van der Waals surface area contributed by atoms with E-state index in [-0.39, 0.29) is 5.91 Å². The Morgan fingerprint density at radius 1 is 1.00 bits per heavy atom. The number of aromatic nitrogens is 2. The standard InChI is InChI=1S/C21H21N3O2S/c1-2-26-18-10-8-17(9-11-18)19-12-13-21(24-23-19)27-15-20(25)22-14-16-6-4-3-5-7-16/h3-13H,2,14-15H2,1H3,(H,22,25). The highest BCUT2D eigenvalue weighted by Crippen LogP contribution is 2.22. The summed E-state index contributed by atoms with van der Waals surface area (Å²) in [7, 11) is 0. The molecule has 1 amide bonds. The van der Waals surface area contributed by atoms with E-state index in [1.54, 1.807) is 0 Å². The van der Waals surface area contributed by atoms with Gasteiger partial charge in [0.25, 0.3) is 0 Å². The molecule has 3 aromatic rings. The van der Waals surface area contributed by atoms with Crippen molar-refractivity contribution in [1.29, 1.82) is 0 Å². The fourth-order valence-electron chi connectivity index (χ4n) is 2.43. The van der Waals surface area contributed by atoms with Gasteiger partial charge < -0.3 is 10.1 Å². The van der Waals surface area contributed by atoms with Crippen LogP contribution in [0.3, 0.4) is 0 Å². The predicted molar refractivity (Wildman–Crippen MR) is 108 cm³/mol. The molecule has 0 aliphatic rings. The van der Waals surface area contributed by atoms with Crippen LogP contribution in [0.1, 0.15) is 12.5 Å². The second kappa shape index (κ2) is 9.73. The van der Waals surface area contributed by atoms with Crippen LogP contribution >= 0.6 is 11.8 Å². The Hall–Kier alpha value is -2.86. The lowest BCUT2D eigenvalue weighted by Gasteiger charge is -2.06. The van der Waals surface area contributed by atoms with Crippen molar-refractivity contribution in [3.63, 3.8) is 0 Å². The van der Waals surface area contributed by atoms with Gasteiger partial charge in [0.1, 0.15) is 10.8 Å². The monoisotopic (exact) mass is 379 g/mol. The van der Waals surface area contributed by atoms with Crippen LogP contribution in [-0.2, 0) is 11.3 Å². The normalized spacial score (nSPS) is 10.4. The lowest BCUT2D eigenvalue weighted by Crippen LogP contribution is -2.24. The summed E-state index contributed by atoms with van der Waals surface area (Å²) in [5, 5.41) is 12.1. The van der Waals surface area contributed by atoms with E-state index >= 15 is 0 Å². The highest BCUT2D eigenvalue weighted by Gasteiger charge is 2.06. The Labute approximate surface area is 163 Å². The molecule has 0 saturated heterocycles. The van der Waals surface area contributed by atoms with Gasteiger partial charge in [-0.2, -0.15) is 0 Å². The fraction of sp³-hybridized carbons (Fsp3) is 0.190. The van der Waals surface area contributed by atoms with Crippen LogP contribution in [0.5, 0.6) is 5.75 Å². The maximum absolute atomic E-state index is 12.0. The Balaban J connectivity index is 1.49. The molecule has 0 aliphatic carbocycles. The molecule has 0 atom stereocenters. The van der Waals surface area contributed by atoms with Crippen molar-refractivity contribution in [1.82, 2.24) is 15.5 Å². The average molecular weight is 379 g/mol. The molecule has 6 heteroatoms. The summed E-state index contributed by atoms with van der Waals surface area (Å²) in [6.07, 6.45) is 0. The smallest absolute Gasteiger partial charge is 0.230 e. The number of benzene rings is 2. The molecule has 138 valence electrons. The quantitative estimate of drug-likeness (QED) is 0.601. The molecule has 0 aliphatic heterocycles. The first kappa shape index (κ1) is 18.9. The van der Waals surface area contributed by atoms with E-state index in [0.29, 0.717) is 18.9 Å². The fourth-order valence-corrected chi connectivity index (χ4v) is 3.07. The van der Waals surface area contributed by atoms with Crippen LogP contribution in [0.4, 0.5) is 0 Å². The van der Waals surface area contributed by atoms with E-state index in [4.69, 9.17) is 4.74 Å². The van der Waals surface area contributed by atoms with Gasteiger partial charge in [-0.05, 0) is 48.9 Å². The largest absolute Gasteiger partial charge is 0.494 e. The minimum atomic E-state index is -0.0266. The number of ether oxygens (including phenoxy) is 1. The van der Waals surface area contributed by atoms with E-state index in [1.165, 1.54) is 11.8 Å². The van der Waals surface area contributed by atoms with Crippen molar-refractivity contribution in [2.45, 2.75) is 18.5 Å². The van der Waals surface area contributed by atoms with Crippen LogP contribution in [-0.4, -0.2) is 28.5 Å². The van der Waals surface area contributed by atoms with E-state index in [9.17, 15) is 4.79 Å². The van der Waals surface area contributed by atoms with E-state index in [1.807, 2.05) is 73.7 Å². The number of nitrogens with zero attached hydrogens (tertiary/aromatic N) is 2. The first-order valence-electron chi connectivity index (χ1n) is 8.75. The molecule has 2 aromatic carbocycles. The maximum Gasteiger partial charge on any atom is 0.230 e. The molecule has 1 heterocycles. The van der Waals surface area contributed by atoms with Crippen LogP contribution in [0.2, 0.25) is 0 Å². The van der Waals surface area contributed by atoms with Crippen molar-refractivity contribution in [3.05, 3.63) is 72.3 Å². The maximum atomic E-state index is 12.0. The Bertz CT molecular complexity index is 853. The summed E-state index contributed by atoms with van der Waals surface area (Å²) in [5.74, 6) is 1.12. The number of amides is 1. The SMILES string of the molecule is CCOc1ccc(-c2ccc(SCC(=O)NCc3ccccc3)nn2)cc1. The average Bonchev–Trinajstić information content (AvgIpc) is 2.73. The first-order valence-corrected chi connectivity index (χ1v) is 9.73. The summed E-state index contributed by atoms with van der Waals surface area (Å²) in [6, 6.07) is 21.4. The predicted octanol–water partition coefficient (Wildman–Crippen LogP) is 3.95. The van der Waals surface area contributed by atoms with E-state index in [0.717, 1.165) is 27.6 Å². The zero-order valence-corrected chi connectivity index (χ0v) is 15.9. The lowest BCUT2D eigenvalue weighted by molar-refractivity contribution is -0.118. The topological polar surface area (TPSA) is 64.1 Å². The van der Waals surface area contributed by atoms with Gasteiger partial charge in [-0.15, -0.1) is 10.2 Å². The molecule has 0 spiro atoms. The van der Waals surface area contributed by atoms with Crippen LogP contribution in [0, 0.1) is 0 Å². The van der Waals surface area contributed by atoms with E-state index in [2.05, 4.69) is 15.5 Å². The summed E-state index contributed by atoms with van der Waals surface area (Å²) in [6.45, 7) is 3.13. The molecular formula is C21H21N3O2S. The second-order valence-corrected chi connectivity index (χ2v) is 6.76. The van der Waals surface area contributed by atoms with Gasteiger partial charge in [0.2, 0.25) is 5.91 Å². The minimum absolute atomic E-state index is 0.0266. The summed E-state index contributed by atoms with van der Waals surface area (Å²) >= 11 is 1.37. The molecule has 5 nitrogen and oxygen atoms in total. The molecule has 0 radical (unpaired) electrons. The van der Waals surface area contributed by atoms with E-state index < -0.39 is 0 Å². The van der Waals surface area contributed by atoms with Crippen molar-refractivity contribution in [3.8, 4) is 17.0 Å². The third kappa shape index (κ3) is 5.82. The summed E-state index contributed by atoms with van der Waals surface area (Å²) < 4.78 is 5.44. The molecule has 27 heavy (non-hydrogen) atoms. The van der Waals surface area contributed by atoms with Crippen molar-refractivity contribution >= 4 is 17.7 Å². The number of nitrogens with one attached hydrogen (secondary N) is 1. The first-order chi connectivity index (χ1) is 13.2. The van der Waals surface area contributed by atoms with Crippen LogP contribution in [0.25, 0.3) is 11.3 Å². The second-order valence-electron chi connectivity index (χ2n) is 5.77. The minimum Gasteiger partial charge on any atom is -0.494 e. The molecule has 0 bridgehead atoms. The zero-order chi connectivity index (χ0) is 18.9. The Morgan fingerprint density at radius 2 is 1.78 bits per heavy atom. The van der Waals surface area contributed by atoms with Gasteiger partial charge in [0.05, 0.1) is 18.1 Å².